The van der Waals surface area contributed by atoms with E-state index in [-0.39, 0.29) is 23.2 Å². The van der Waals surface area contributed by atoms with Gasteiger partial charge in [0.25, 0.3) is 0 Å². The fraction of sp³-hybridized carbons (Fsp3) is 0.571. The van der Waals surface area contributed by atoms with Crippen LogP contribution in [-0.4, -0.2) is 24.0 Å². The van der Waals surface area contributed by atoms with Crippen LogP contribution in [0.15, 0.2) is 24.3 Å². The van der Waals surface area contributed by atoms with E-state index in [4.69, 9.17) is 0 Å². The van der Waals surface area contributed by atoms with E-state index in [0.717, 1.165) is 5.56 Å². The quantitative estimate of drug-likeness (QED) is 0.914. The molecule has 0 amide bonds. The van der Waals surface area contributed by atoms with E-state index in [9.17, 15) is 18.3 Å². The highest BCUT2D eigenvalue weighted by Crippen LogP contribution is 2.52. The van der Waals surface area contributed by atoms with Crippen LogP contribution in [0.1, 0.15) is 31.7 Å². The van der Waals surface area contributed by atoms with E-state index in [1.54, 1.807) is 24.3 Å². The summed E-state index contributed by atoms with van der Waals surface area (Å²) in [6, 6.07) is 6.62. The molecule has 1 fully saturated rings. The standard InChI is InChI=1S/C14H17F3O2/c1-13(2)11(7-12(13)18)9-3-5-10(6-4-9)19-8-14(15,16)17/h3-6,11-12,18H,7-8H2,1-2H3. The summed E-state index contributed by atoms with van der Waals surface area (Å²) >= 11 is 0. The van der Waals surface area contributed by atoms with E-state index in [0.29, 0.717) is 6.42 Å². The molecule has 0 aromatic heterocycles. The number of rotatable bonds is 3. The minimum Gasteiger partial charge on any atom is -0.484 e. The predicted octanol–water partition coefficient (Wildman–Crippen LogP) is 3.50. The molecule has 0 bridgehead atoms. The molecule has 1 aromatic carbocycles. The summed E-state index contributed by atoms with van der Waals surface area (Å²) in [4.78, 5) is 0. The van der Waals surface area contributed by atoms with Crippen LogP contribution in [0.5, 0.6) is 5.75 Å². The largest absolute Gasteiger partial charge is 0.484 e. The SMILES string of the molecule is CC1(C)C(O)CC1c1ccc(OCC(F)(F)F)cc1. The monoisotopic (exact) mass is 274 g/mol. The second kappa shape index (κ2) is 4.71. The summed E-state index contributed by atoms with van der Waals surface area (Å²) in [6.45, 7) is 2.69. The first kappa shape index (κ1) is 14.2. The first-order chi connectivity index (χ1) is 8.70. The summed E-state index contributed by atoms with van der Waals surface area (Å²) in [7, 11) is 0. The van der Waals surface area contributed by atoms with Crippen molar-refractivity contribution in [1.82, 2.24) is 0 Å². The molecular formula is C14H17F3O2. The minimum atomic E-state index is -4.32. The Balaban J connectivity index is 2.00. The average Bonchev–Trinajstić information content (AvgIpc) is 2.33. The molecule has 0 heterocycles. The maximum atomic E-state index is 12.0. The maximum Gasteiger partial charge on any atom is 0.422 e. The molecule has 1 aromatic rings. The van der Waals surface area contributed by atoms with Gasteiger partial charge in [0.05, 0.1) is 6.10 Å². The minimum absolute atomic E-state index is 0.186. The molecule has 1 aliphatic rings. The van der Waals surface area contributed by atoms with Crippen LogP contribution >= 0.6 is 0 Å². The lowest BCUT2D eigenvalue weighted by Gasteiger charge is -2.49. The Morgan fingerprint density at radius 3 is 2.26 bits per heavy atom. The zero-order chi connectivity index (χ0) is 14.3. The lowest BCUT2D eigenvalue weighted by atomic mass is 9.58. The lowest BCUT2D eigenvalue weighted by molar-refractivity contribution is -0.153. The molecule has 5 heteroatoms. The van der Waals surface area contributed by atoms with Crippen molar-refractivity contribution >= 4 is 0 Å². The number of aliphatic hydroxyl groups is 1. The molecule has 19 heavy (non-hydrogen) atoms. The van der Waals surface area contributed by atoms with Crippen LogP contribution in [0.25, 0.3) is 0 Å². The molecule has 2 nitrogen and oxygen atoms in total. The van der Waals surface area contributed by atoms with Crippen LogP contribution in [0.3, 0.4) is 0 Å². The van der Waals surface area contributed by atoms with Crippen LogP contribution < -0.4 is 4.74 Å². The fourth-order valence-electron chi connectivity index (χ4n) is 2.43. The number of benzene rings is 1. The molecule has 0 spiro atoms. The van der Waals surface area contributed by atoms with Crippen LogP contribution in [-0.2, 0) is 0 Å². The van der Waals surface area contributed by atoms with E-state index in [1.165, 1.54) is 0 Å². The van der Waals surface area contributed by atoms with Crippen molar-refractivity contribution in [3.8, 4) is 5.75 Å². The second-order valence-corrected chi connectivity index (χ2v) is 5.60. The number of ether oxygens (including phenoxy) is 1. The lowest BCUT2D eigenvalue weighted by Crippen LogP contribution is -2.47. The molecule has 1 N–H and O–H groups in total. The van der Waals surface area contributed by atoms with Crippen molar-refractivity contribution in [2.24, 2.45) is 5.41 Å². The number of hydrogen-bond donors (Lipinski definition) is 1. The van der Waals surface area contributed by atoms with E-state index >= 15 is 0 Å². The Morgan fingerprint density at radius 2 is 1.84 bits per heavy atom. The Hall–Kier alpha value is -1.23. The summed E-state index contributed by atoms with van der Waals surface area (Å²) in [5.41, 5.74) is 0.837. The molecular weight excluding hydrogens is 257 g/mol. The van der Waals surface area contributed by atoms with Gasteiger partial charge in [0.1, 0.15) is 5.75 Å². The van der Waals surface area contributed by atoms with Gasteiger partial charge in [-0.2, -0.15) is 13.2 Å². The van der Waals surface area contributed by atoms with Crippen molar-refractivity contribution in [3.05, 3.63) is 29.8 Å². The summed E-state index contributed by atoms with van der Waals surface area (Å²) in [6.07, 6.45) is -3.95. The highest BCUT2D eigenvalue weighted by molar-refractivity contribution is 5.32. The molecule has 1 saturated carbocycles. The highest BCUT2D eigenvalue weighted by atomic mass is 19.4. The summed E-state index contributed by atoms with van der Waals surface area (Å²) in [5.74, 6) is 0.443. The van der Waals surface area contributed by atoms with E-state index in [2.05, 4.69) is 4.74 Å². The maximum absolute atomic E-state index is 12.0. The zero-order valence-corrected chi connectivity index (χ0v) is 10.9. The number of alkyl halides is 3. The molecule has 0 radical (unpaired) electrons. The number of aliphatic hydroxyl groups excluding tert-OH is 1. The van der Waals surface area contributed by atoms with Gasteiger partial charge in [0.2, 0.25) is 0 Å². The van der Waals surface area contributed by atoms with Crippen molar-refractivity contribution in [2.75, 3.05) is 6.61 Å². The van der Waals surface area contributed by atoms with E-state index in [1.807, 2.05) is 13.8 Å². The molecule has 2 unspecified atom stereocenters. The molecule has 0 aliphatic heterocycles. The zero-order valence-electron chi connectivity index (χ0n) is 10.9. The van der Waals surface area contributed by atoms with Crippen molar-refractivity contribution < 1.29 is 23.0 Å². The smallest absolute Gasteiger partial charge is 0.422 e. The average molecular weight is 274 g/mol. The first-order valence-corrected chi connectivity index (χ1v) is 6.18. The third kappa shape index (κ3) is 3.03. The Kier molecular flexibility index (Phi) is 3.51. The number of halogens is 3. The van der Waals surface area contributed by atoms with Crippen LogP contribution in [0.4, 0.5) is 13.2 Å². The normalized spacial score (nSPS) is 25.8. The van der Waals surface area contributed by atoms with Gasteiger partial charge in [-0.3, -0.25) is 0 Å². The third-order valence-corrected chi connectivity index (χ3v) is 3.90. The van der Waals surface area contributed by atoms with Gasteiger partial charge in [0.15, 0.2) is 6.61 Å². The van der Waals surface area contributed by atoms with Crippen molar-refractivity contribution in [1.29, 1.82) is 0 Å². The van der Waals surface area contributed by atoms with Gasteiger partial charge in [-0.1, -0.05) is 26.0 Å². The molecule has 2 atom stereocenters. The number of hydrogen-bond acceptors (Lipinski definition) is 2. The third-order valence-electron chi connectivity index (χ3n) is 3.90. The molecule has 2 rings (SSSR count). The van der Waals surface area contributed by atoms with Gasteiger partial charge in [-0.25, -0.2) is 0 Å². The van der Waals surface area contributed by atoms with Crippen molar-refractivity contribution in [3.63, 3.8) is 0 Å². The van der Waals surface area contributed by atoms with Gasteiger partial charge in [0, 0.05) is 0 Å². The topological polar surface area (TPSA) is 29.5 Å². The first-order valence-electron chi connectivity index (χ1n) is 6.18. The Labute approximate surface area is 110 Å². The van der Waals surface area contributed by atoms with Crippen molar-refractivity contribution in [2.45, 2.75) is 38.5 Å². The van der Waals surface area contributed by atoms with Gasteiger partial charge >= 0.3 is 6.18 Å². The predicted molar refractivity (Wildman–Crippen MR) is 65.1 cm³/mol. The summed E-state index contributed by atoms with van der Waals surface area (Å²) in [5, 5.41) is 9.69. The molecule has 106 valence electrons. The second-order valence-electron chi connectivity index (χ2n) is 5.60. The molecule has 1 aliphatic carbocycles. The van der Waals surface area contributed by atoms with Crippen LogP contribution in [0.2, 0.25) is 0 Å². The van der Waals surface area contributed by atoms with Gasteiger partial charge in [-0.05, 0) is 35.4 Å². The highest BCUT2D eigenvalue weighted by Gasteiger charge is 2.47. The Morgan fingerprint density at radius 1 is 1.26 bits per heavy atom. The van der Waals surface area contributed by atoms with Gasteiger partial charge < -0.3 is 9.84 Å². The van der Waals surface area contributed by atoms with Gasteiger partial charge in [-0.15, -0.1) is 0 Å². The molecule has 0 saturated heterocycles. The van der Waals surface area contributed by atoms with E-state index < -0.39 is 12.8 Å². The van der Waals surface area contributed by atoms with Crippen LogP contribution in [0, 0.1) is 5.41 Å². The fourth-order valence-corrected chi connectivity index (χ4v) is 2.43. The summed E-state index contributed by atoms with van der Waals surface area (Å²) < 4.78 is 40.7. The Bertz CT molecular complexity index is 437.